The van der Waals surface area contributed by atoms with Crippen molar-refractivity contribution in [3.05, 3.63) is 72.1 Å². The molecule has 0 unspecified atom stereocenters. The summed E-state index contributed by atoms with van der Waals surface area (Å²) in [5.41, 5.74) is 3.52. The van der Waals surface area contributed by atoms with E-state index in [2.05, 4.69) is 67.3 Å². The monoisotopic (exact) mass is 579 g/mol. The van der Waals surface area contributed by atoms with Crippen molar-refractivity contribution in [2.45, 2.75) is 97.4 Å². The van der Waals surface area contributed by atoms with Crippen molar-refractivity contribution < 1.29 is 17.5 Å². The van der Waals surface area contributed by atoms with Crippen molar-refractivity contribution in [3.63, 3.8) is 0 Å². The molecule has 0 radical (unpaired) electrons. The van der Waals surface area contributed by atoms with Gasteiger partial charge in [0.1, 0.15) is 5.75 Å². The van der Waals surface area contributed by atoms with Crippen LogP contribution in [0.15, 0.2) is 60.9 Å². The number of fused-ring (bicyclic) bond motifs is 1. The molecule has 0 aliphatic heterocycles. The summed E-state index contributed by atoms with van der Waals surface area (Å²) in [6, 6.07) is 17.4. The zero-order chi connectivity index (χ0) is 29.3. The second kappa shape index (κ2) is 18.0. The number of rotatable bonds is 20. The maximum absolute atomic E-state index is 11.0. The molecule has 6 heteroatoms. The second-order valence-corrected chi connectivity index (χ2v) is 12.9. The van der Waals surface area contributed by atoms with E-state index in [-0.39, 0.29) is 12.3 Å². The highest BCUT2D eigenvalue weighted by Crippen LogP contribution is 2.25. The smallest absolute Gasteiger partial charge is 0.271 e. The molecule has 5 nitrogen and oxygen atoms in total. The van der Waals surface area contributed by atoms with Crippen LogP contribution in [0.3, 0.4) is 0 Å². The molecule has 0 amide bonds. The van der Waals surface area contributed by atoms with Crippen LogP contribution in [0.2, 0.25) is 0 Å². The summed E-state index contributed by atoms with van der Waals surface area (Å²) >= 11 is 0. The lowest BCUT2D eigenvalue weighted by Gasteiger charge is -2.25. The normalized spacial score (nSPS) is 12.0. The van der Waals surface area contributed by atoms with Crippen LogP contribution < -0.4 is 9.47 Å². The number of benzene rings is 2. The molecule has 0 atom stereocenters. The molecule has 1 aromatic heterocycles. The van der Waals surface area contributed by atoms with Gasteiger partial charge in [-0.05, 0) is 52.9 Å². The Kier molecular flexibility index (Phi) is 14.4. The molecule has 0 saturated heterocycles. The summed E-state index contributed by atoms with van der Waals surface area (Å²) in [5.74, 6) is -0.290. The second-order valence-electron chi connectivity index (χ2n) is 11.3. The van der Waals surface area contributed by atoms with E-state index in [4.69, 9.17) is 4.55 Å². The minimum Gasteiger partial charge on any atom is -0.372 e. The van der Waals surface area contributed by atoms with Crippen LogP contribution in [-0.4, -0.2) is 31.8 Å². The summed E-state index contributed by atoms with van der Waals surface area (Å²) in [6.45, 7) is 7.06. The van der Waals surface area contributed by atoms with Crippen LogP contribution in [0.25, 0.3) is 22.9 Å². The maximum Gasteiger partial charge on any atom is 0.271 e. The van der Waals surface area contributed by atoms with Gasteiger partial charge in [-0.15, -0.1) is 0 Å². The Morgan fingerprint density at radius 1 is 0.683 bits per heavy atom. The SMILES string of the molecule is CCCCCCCCN(CCCCCCCC)c1ccc2cc(/C=C/c3cc[n+](CCS(=O)(=O)O)cc3)ccc2c1. The van der Waals surface area contributed by atoms with Gasteiger partial charge in [0, 0.05) is 30.9 Å². The minimum absolute atomic E-state index is 0.227. The van der Waals surface area contributed by atoms with Crippen molar-refractivity contribution in [2.75, 3.05) is 23.7 Å². The van der Waals surface area contributed by atoms with Crippen molar-refractivity contribution >= 4 is 38.7 Å². The lowest BCUT2D eigenvalue weighted by atomic mass is 10.0. The first-order chi connectivity index (χ1) is 19.9. The number of pyridine rings is 1. The summed E-state index contributed by atoms with van der Waals surface area (Å²) < 4.78 is 32.6. The molecule has 1 N–H and O–H groups in total. The summed E-state index contributed by atoms with van der Waals surface area (Å²) in [4.78, 5) is 2.62. The average molecular weight is 580 g/mol. The quantitative estimate of drug-likeness (QED) is 0.0826. The van der Waals surface area contributed by atoms with E-state index in [1.165, 1.54) is 93.5 Å². The fourth-order valence-electron chi connectivity index (χ4n) is 5.23. The molecule has 3 rings (SSSR count). The topological polar surface area (TPSA) is 61.5 Å². The zero-order valence-corrected chi connectivity index (χ0v) is 26.1. The molecule has 224 valence electrons. The highest BCUT2D eigenvalue weighted by molar-refractivity contribution is 7.85. The highest BCUT2D eigenvalue weighted by atomic mass is 32.2. The third kappa shape index (κ3) is 12.8. The van der Waals surface area contributed by atoms with E-state index in [1.54, 1.807) is 4.57 Å². The number of aromatic nitrogens is 1. The Morgan fingerprint density at radius 2 is 1.22 bits per heavy atom. The third-order valence-electron chi connectivity index (χ3n) is 7.77. The average Bonchev–Trinajstić information content (AvgIpc) is 2.97. The molecule has 0 spiro atoms. The van der Waals surface area contributed by atoms with Crippen LogP contribution in [0.4, 0.5) is 5.69 Å². The lowest BCUT2D eigenvalue weighted by molar-refractivity contribution is -0.692. The fraction of sp³-hybridized carbons (Fsp3) is 0.514. The van der Waals surface area contributed by atoms with Crippen molar-refractivity contribution in [1.29, 1.82) is 0 Å². The molecule has 0 fully saturated rings. The Labute approximate surface area is 249 Å². The molecule has 0 aliphatic rings. The van der Waals surface area contributed by atoms with Gasteiger partial charge >= 0.3 is 0 Å². The van der Waals surface area contributed by atoms with Crippen molar-refractivity contribution in [1.82, 2.24) is 0 Å². The van der Waals surface area contributed by atoms with Crippen LogP contribution >= 0.6 is 0 Å². The molecular weight excluding hydrogens is 528 g/mol. The fourth-order valence-corrected chi connectivity index (χ4v) is 5.67. The van der Waals surface area contributed by atoms with Gasteiger partial charge in [0.25, 0.3) is 10.1 Å². The predicted octanol–water partition coefficient (Wildman–Crippen LogP) is 8.71. The number of unbranched alkanes of at least 4 members (excludes halogenated alkanes) is 10. The van der Waals surface area contributed by atoms with Crippen molar-refractivity contribution in [3.8, 4) is 0 Å². The van der Waals surface area contributed by atoms with Gasteiger partial charge in [0.2, 0.25) is 0 Å². The molecule has 0 saturated carbocycles. The molecule has 2 aromatic carbocycles. The Bertz CT molecular complexity index is 1290. The molecule has 1 heterocycles. The van der Waals surface area contributed by atoms with Crippen LogP contribution in [-0.2, 0) is 16.7 Å². The van der Waals surface area contributed by atoms with Gasteiger partial charge in [0.05, 0.1) is 0 Å². The minimum atomic E-state index is -3.96. The van der Waals surface area contributed by atoms with Gasteiger partial charge in [0.15, 0.2) is 18.9 Å². The summed E-state index contributed by atoms with van der Waals surface area (Å²) in [5, 5.41) is 2.52. The number of aryl methyl sites for hydroxylation is 1. The lowest BCUT2D eigenvalue weighted by Crippen LogP contribution is -2.36. The predicted molar refractivity (Wildman–Crippen MR) is 175 cm³/mol. The Morgan fingerprint density at radius 3 is 1.83 bits per heavy atom. The van der Waals surface area contributed by atoms with Crippen molar-refractivity contribution in [2.24, 2.45) is 0 Å². The van der Waals surface area contributed by atoms with Crippen LogP contribution in [0, 0.1) is 0 Å². The Balaban J connectivity index is 1.62. The van der Waals surface area contributed by atoms with E-state index < -0.39 is 10.1 Å². The zero-order valence-electron chi connectivity index (χ0n) is 25.3. The van der Waals surface area contributed by atoms with Crippen LogP contribution in [0.1, 0.15) is 102 Å². The number of nitrogens with zero attached hydrogens (tertiary/aromatic N) is 2. The van der Waals surface area contributed by atoms with Crippen LogP contribution in [0.5, 0.6) is 0 Å². The van der Waals surface area contributed by atoms with Gasteiger partial charge < -0.3 is 4.90 Å². The first-order valence-electron chi connectivity index (χ1n) is 15.8. The number of hydrogen-bond acceptors (Lipinski definition) is 3. The van der Waals surface area contributed by atoms with E-state index in [1.807, 2.05) is 24.5 Å². The largest absolute Gasteiger partial charge is 0.372 e. The van der Waals surface area contributed by atoms with E-state index >= 15 is 0 Å². The third-order valence-corrected chi connectivity index (χ3v) is 8.47. The summed E-state index contributed by atoms with van der Waals surface area (Å²) in [7, 11) is -3.96. The molecular formula is C35H51N2O3S+. The summed E-state index contributed by atoms with van der Waals surface area (Å²) in [6.07, 6.45) is 23.7. The molecule has 0 bridgehead atoms. The van der Waals surface area contributed by atoms with Gasteiger partial charge in [-0.3, -0.25) is 4.55 Å². The maximum atomic E-state index is 11.0. The molecule has 41 heavy (non-hydrogen) atoms. The highest BCUT2D eigenvalue weighted by Gasteiger charge is 2.10. The van der Waals surface area contributed by atoms with Gasteiger partial charge in [-0.25, -0.2) is 4.57 Å². The number of hydrogen-bond donors (Lipinski definition) is 1. The Hall–Kier alpha value is -2.70. The van der Waals surface area contributed by atoms with E-state index in [0.29, 0.717) is 0 Å². The molecule has 0 aliphatic carbocycles. The standard InChI is InChI=1S/C35H50N2O3S/c1-3-5-7-9-11-13-23-37(24-14-12-10-8-6-4-2)35-20-19-33-29-32(17-18-34(33)30-35)16-15-31-21-25-36(26-22-31)27-28-41(38,39)40/h15-22,25-26,29-30H,3-14,23-24,27-28H2,1-2H3/p+1. The van der Waals surface area contributed by atoms with Gasteiger partial charge in [-0.1, -0.05) is 108 Å². The van der Waals surface area contributed by atoms with E-state index in [9.17, 15) is 8.42 Å². The first-order valence-corrected chi connectivity index (χ1v) is 17.4. The van der Waals surface area contributed by atoms with E-state index in [0.717, 1.165) is 24.2 Å². The first kappa shape index (κ1) is 32.8. The molecule has 3 aromatic rings. The van der Waals surface area contributed by atoms with Gasteiger partial charge in [-0.2, -0.15) is 8.42 Å². The number of anilines is 1.